The van der Waals surface area contributed by atoms with E-state index >= 15 is 0 Å². The maximum Gasteiger partial charge on any atom is 0.419 e. The highest BCUT2D eigenvalue weighted by Crippen LogP contribution is 2.33. The number of hydrogen-bond donors (Lipinski definition) is 3. The minimum atomic E-state index is -4.43. The molecule has 0 aromatic carbocycles. The summed E-state index contributed by atoms with van der Waals surface area (Å²) < 4.78 is 38.1. The first-order chi connectivity index (χ1) is 9.30. The Morgan fingerprint density at radius 3 is 2.67 bits per heavy atom. The highest BCUT2D eigenvalue weighted by molar-refractivity contribution is 14.0. The first-order valence-corrected chi connectivity index (χ1v) is 6.13. The average Bonchev–Trinajstić information content (AvgIpc) is 2.33. The second-order valence-corrected chi connectivity index (χ2v) is 4.39. The predicted octanol–water partition coefficient (Wildman–Crippen LogP) is 2.44. The first kappa shape index (κ1) is 19.7. The zero-order chi connectivity index (χ0) is 15.2. The molecule has 21 heavy (non-hydrogen) atoms. The van der Waals surface area contributed by atoms with Gasteiger partial charge in [-0.05, 0) is 26.0 Å². The van der Waals surface area contributed by atoms with Crippen molar-refractivity contribution >= 4 is 35.8 Å². The third kappa shape index (κ3) is 7.34. The Labute approximate surface area is 138 Å². The van der Waals surface area contributed by atoms with Gasteiger partial charge in [0.25, 0.3) is 0 Å². The zero-order valence-electron chi connectivity index (χ0n) is 11.7. The Hall–Kier alpha value is -1.26. The summed E-state index contributed by atoms with van der Waals surface area (Å²) >= 11 is 0. The standard InChI is InChI=1S/C12H18F3N5.HI/c1-8(2)20-11(16)19-7-6-18-10-9(12(13,14)15)4-3-5-17-10;/h3-5,8H,6-7H2,1-2H3,(H,17,18)(H3,16,19,20);1H. The molecule has 1 heterocycles. The molecule has 1 rings (SSSR count). The van der Waals surface area contributed by atoms with E-state index in [0.717, 1.165) is 6.07 Å². The number of pyridine rings is 1. The molecule has 120 valence electrons. The number of halogens is 4. The van der Waals surface area contributed by atoms with Crippen molar-refractivity contribution in [1.29, 1.82) is 0 Å². The fourth-order valence-electron chi connectivity index (χ4n) is 1.47. The van der Waals surface area contributed by atoms with Gasteiger partial charge in [0, 0.05) is 18.8 Å². The number of guanidine groups is 1. The summed E-state index contributed by atoms with van der Waals surface area (Å²) in [5, 5.41) is 5.49. The van der Waals surface area contributed by atoms with Gasteiger partial charge >= 0.3 is 6.18 Å². The molecular formula is C12H19F3IN5. The first-order valence-electron chi connectivity index (χ1n) is 6.13. The lowest BCUT2D eigenvalue weighted by molar-refractivity contribution is -0.137. The third-order valence-electron chi connectivity index (χ3n) is 2.24. The number of hydrogen-bond acceptors (Lipinski definition) is 3. The molecule has 0 aliphatic carbocycles. The van der Waals surface area contributed by atoms with Gasteiger partial charge in [0.2, 0.25) is 0 Å². The van der Waals surface area contributed by atoms with Crippen LogP contribution in [0.1, 0.15) is 19.4 Å². The summed E-state index contributed by atoms with van der Waals surface area (Å²) in [5.74, 6) is 0.0597. The average molecular weight is 417 g/mol. The molecule has 1 aromatic rings. The van der Waals surface area contributed by atoms with E-state index in [4.69, 9.17) is 5.73 Å². The van der Waals surface area contributed by atoms with Gasteiger partial charge in [0.05, 0.1) is 12.1 Å². The smallest absolute Gasteiger partial charge is 0.370 e. The van der Waals surface area contributed by atoms with Gasteiger partial charge in [-0.2, -0.15) is 13.2 Å². The molecule has 0 saturated carbocycles. The summed E-state index contributed by atoms with van der Waals surface area (Å²) in [6, 6.07) is 2.38. The Kier molecular flexibility index (Phi) is 8.37. The van der Waals surface area contributed by atoms with E-state index < -0.39 is 11.7 Å². The van der Waals surface area contributed by atoms with Crippen molar-refractivity contribution in [3.63, 3.8) is 0 Å². The maximum absolute atomic E-state index is 12.7. The van der Waals surface area contributed by atoms with E-state index in [-0.39, 0.29) is 54.9 Å². The summed E-state index contributed by atoms with van der Waals surface area (Å²) in [5.41, 5.74) is 4.77. The van der Waals surface area contributed by atoms with Crippen LogP contribution in [0, 0.1) is 0 Å². The fraction of sp³-hybridized carbons (Fsp3) is 0.500. The molecule has 5 nitrogen and oxygen atoms in total. The topological polar surface area (TPSA) is 75.3 Å². The minimum absolute atomic E-state index is 0. The fourth-order valence-corrected chi connectivity index (χ4v) is 1.47. The second kappa shape index (κ2) is 8.90. The Morgan fingerprint density at radius 1 is 1.43 bits per heavy atom. The van der Waals surface area contributed by atoms with Gasteiger partial charge in [0.1, 0.15) is 5.82 Å². The number of anilines is 1. The summed E-state index contributed by atoms with van der Waals surface area (Å²) in [6.07, 6.45) is -3.13. The lowest BCUT2D eigenvalue weighted by Crippen LogP contribution is -2.37. The van der Waals surface area contributed by atoms with Gasteiger partial charge in [0.15, 0.2) is 5.96 Å². The SMILES string of the molecule is CC(C)NC(N)=NCCNc1ncccc1C(F)(F)F.I. The Balaban J connectivity index is 0.00000400. The van der Waals surface area contributed by atoms with Crippen LogP contribution in [0.15, 0.2) is 23.3 Å². The molecule has 4 N–H and O–H groups in total. The number of alkyl halides is 3. The summed E-state index contributed by atoms with van der Waals surface area (Å²) in [6.45, 7) is 4.27. The highest BCUT2D eigenvalue weighted by Gasteiger charge is 2.33. The van der Waals surface area contributed by atoms with E-state index in [1.807, 2.05) is 13.8 Å². The minimum Gasteiger partial charge on any atom is -0.370 e. The highest BCUT2D eigenvalue weighted by atomic mass is 127. The molecule has 9 heteroatoms. The molecule has 0 spiro atoms. The molecule has 0 unspecified atom stereocenters. The van der Waals surface area contributed by atoms with E-state index in [9.17, 15) is 13.2 Å². The van der Waals surface area contributed by atoms with Gasteiger partial charge in [-0.25, -0.2) is 4.98 Å². The predicted molar refractivity (Wildman–Crippen MR) is 87.9 cm³/mol. The number of rotatable bonds is 5. The number of aromatic nitrogens is 1. The molecule has 0 radical (unpaired) electrons. The Morgan fingerprint density at radius 2 is 2.10 bits per heavy atom. The van der Waals surface area contributed by atoms with Crippen LogP contribution in [-0.4, -0.2) is 30.1 Å². The van der Waals surface area contributed by atoms with Gasteiger partial charge in [-0.1, -0.05) is 0 Å². The molecule has 0 atom stereocenters. The normalized spacial score (nSPS) is 12.0. The molecule has 0 amide bonds. The van der Waals surface area contributed by atoms with Crippen LogP contribution in [0.2, 0.25) is 0 Å². The number of nitrogens with two attached hydrogens (primary N) is 1. The van der Waals surface area contributed by atoms with Crippen LogP contribution in [-0.2, 0) is 6.18 Å². The van der Waals surface area contributed by atoms with Crippen molar-refractivity contribution in [1.82, 2.24) is 10.3 Å². The largest absolute Gasteiger partial charge is 0.419 e. The van der Waals surface area contributed by atoms with Gasteiger partial charge in [-0.3, -0.25) is 4.99 Å². The van der Waals surface area contributed by atoms with Crippen molar-refractivity contribution in [2.75, 3.05) is 18.4 Å². The zero-order valence-corrected chi connectivity index (χ0v) is 14.1. The van der Waals surface area contributed by atoms with Crippen LogP contribution in [0.3, 0.4) is 0 Å². The van der Waals surface area contributed by atoms with E-state index in [2.05, 4.69) is 20.6 Å². The number of nitrogens with one attached hydrogen (secondary N) is 2. The number of nitrogens with zero attached hydrogens (tertiary/aromatic N) is 2. The monoisotopic (exact) mass is 417 g/mol. The molecule has 0 fully saturated rings. The van der Waals surface area contributed by atoms with Crippen molar-refractivity contribution in [3.05, 3.63) is 23.9 Å². The molecule has 0 aliphatic rings. The summed E-state index contributed by atoms with van der Waals surface area (Å²) in [7, 11) is 0. The Bertz CT molecular complexity index is 462. The van der Waals surface area contributed by atoms with Gasteiger partial charge < -0.3 is 16.4 Å². The van der Waals surface area contributed by atoms with E-state index in [1.54, 1.807) is 0 Å². The molecule has 1 aromatic heterocycles. The van der Waals surface area contributed by atoms with Crippen molar-refractivity contribution in [2.24, 2.45) is 10.7 Å². The van der Waals surface area contributed by atoms with Crippen molar-refractivity contribution in [3.8, 4) is 0 Å². The van der Waals surface area contributed by atoms with Crippen LogP contribution in [0.5, 0.6) is 0 Å². The molecule has 0 saturated heterocycles. The van der Waals surface area contributed by atoms with Crippen LogP contribution >= 0.6 is 24.0 Å². The maximum atomic E-state index is 12.7. The molecule has 0 aliphatic heterocycles. The van der Waals surface area contributed by atoms with Crippen LogP contribution < -0.4 is 16.4 Å². The quantitative estimate of drug-likeness (QED) is 0.298. The van der Waals surface area contributed by atoms with Gasteiger partial charge in [-0.15, -0.1) is 24.0 Å². The number of aliphatic imine (C=N–C) groups is 1. The van der Waals surface area contributed by atoms with Crippen molar-refractivity contribution in [2.45, 2.75) is 26.1 Å². The molecule has 0 bridgehead atoms. The lowest BCUT2D eigenvalue weighted by atomic mass is 10.2. The summed E-state index contributed by atoms with van der Waals surface area (Å²) in [4.78, 5) is 7.67. The lowest BCUT2D eigenvalue weighted by Gasteiger charge is -2.12. The molecular weight excluding hydrogens is 398 g/mol. The van der Waals surface area contributed by atoms with E-state index in [0.29, 0.717) is 0 Å². The van der Waals surface area contributed by atoms with Crippen molar-refractivity contribution < 1.29 is 13.2 Å². The van der Waals surface area contributed by atoms with Crippen LogP contribution in [0.4, 0.5) is 19.0 Å². The van der Waals surface area contributed by atoms with E-state index in [1.165, 1.54) is 12.3 Å². The third-order valence-corrected chi connectivity index (χ3v) is 2.24. The van der Waals surface area contributed by atoms with Crippen LogP contribution in [0.25, 0.3) is 0 Å². The second-order valence-electron chi connectivity index (χ2n) is 4.39.